The number of carbonyl (C=O) groups is 1. The van der Waals surface area contributed by atoms with E-state index in [1.807, 2.05) is 42.5 Å². The highest BCUT2D eigenvalue weighted by atomic mass is 19.1. The van der Waals surface area contributed by atoms with E-state index in [4.69, 9.17) is 9.41 Å². The molecular weight excluding hydrogens is 397 g/mol. The van der Waals surface area contributed by atoms with Crippen LogP contribution in [0.1, 0.15) is 16.8 Å². The van der Waals surface area contributed by atoms with Gasteiger partial charge in [-0.15, -0.1) is 5.10 Å². The van der Waals surface area contributed by atoms with Gasteiger partial charge >= 0.3 is 6.01 Å². The first-order chi connectivity index (χ1) is 15.2. The summed E-state index contributed by atoms with van der Waals surface area (Å²) in [5.41, 5.74) is 3.57. The van der Waals surface area contributed by atoms with Crippen molar-refractivity contribution in [3.05, 3.63) is 95.6 Å². The second-order valence-electron chi connectivity index (χ2n) is 6.95. The zero-order valence-electron chi connectivity index (χ0n) is 16.2. The quantitative estimate of drug-likeness (QED) is 0.549. The third-order valence-electron chi connectivity index (χ3n) is 4.87. The van der Waals surface area contributed by atoms with Crippen LogP contribution in [0.15, 0.2) is 82.3 Å². The smallest absolute Gasteiger partial charge is 0.317 e. The third kappa shape index (κ3) is 3.83. The number of hydrogen-bond acceptors (Lipinski definition) is 7. The van der Waals surface area contributed by atoms with Crippen molar-refractivity contribution in [1.29, 1.82) is 0 Å². The monoisotopic (exact) mass is 413 g/mol. The maximum absolute atomic E-state index is 13.2. The minimum Gasteiger partial charge on any atom is -0.403 e. The zero-order valence-corrected chi connectivity index (χ0v) is 16.2. The Labute approximate surface area is 176 Å². The van der Waals surface area contributed by atoms with Crippen LogP contribution in [0.2, 0.25) is 0 Å². The van der Waals surface area contributed by atoms with Crippen LogP contribution < -0.4 is 5.32 Å². The summed E-state index contributed by atoms with van der Waals surface area (Å²) in [6, 6.07) is 19.1. The molecule has 0 spiro atoms. The summed E-state index contributed by atoms with van der Waals surface area (Å²) in [5.74, 6) is -0.324. The minimum atomic E-state index is -0.925. The summed E-state index contributed by atoms with van der Waals surface area (Å²) in [6.07, 6.45) is 0.855. The van der Waals surface area contributed by atoms with E-state index >= 15 is 0 Å². The molecule has 0 radical (unpaired) electrons. The fraction of sp³-hybridized carbons (Fsp3) is 0.0870. The first kappa shape index (κ1) is 18.8. The SMILES string of the molecule is O=C1Cc2ncccc2C(c2ccccc2)=NC1Nc1nnc(-c2ccc(F)cc2)o1. The van der Waals surface area contributed by atoms with Gasteiger partial charge in [0.25, 0.3) is 0 Å². The number of aromatic nitrogens is 3. The lowest BCUT2D eigenvalue weighted by atomic mass is 10.00. The Morgan fingerprint density at radius 2 is 1.74 bits per heavy atom. The predicted molar refractivity (Wildman–Crippen MR) is 112 cm³/mol. The topological polar surface area (TPSA) is 93.3 Å². The van der Waals surface area contributed by atoms with Gasteiger partial charge in [-0.2, -0.15) is 0 Å². The molecule has 0 aliphatic carbocycles. The summed E-state index contributed by atoms with van der Waals surface area (Å²) >= 11 is 0. The molecule has 0 amide bonds. The van der Waals surface area contributed by atoms with Gasteiger partial charge in [-0.25, -0.2) is 4.39 Å². The van der Waals surface area contributed by atoms with Crippen LogP contribution in [0.25, 0.3) is 11.5 Å². The highest BCUT2D eigenvalue weighted by Crippen LogP contribution is 2.23. The second kappa shape index (κ2) is 7.91. The lowest BCUT2D eigenvalue weighted by molar-refractivity contribution is -0.119. The standard InChI is InChI=1S/C23H16FN5O2/c24-16-10-8-15(9-11-16)22-28-29-23(31-22)27-21-19(30)13-18-17(7-4-12-25-18)20(26-21)14-5-2-1-3-6-14/h1-12,21H,13H2,(H,27,29). The summed E-state index contributed by atoms with van der Waals surface area (Å²) in [6.45, 7) is 0. The molecule has 2 aromatic heterocycles. The Bertz CT molecular complexity index is 1270. The van der Waals surface area contributed by atoms with E-state index in [0.717, 1.165) is 11.1 Å². The van der Waals surface area contributed by atoms with Crippen LogP contribution in [-0.2, 0) is 11.2 Å². The second-order valence-corrected chi connectivity index (χ2v) is 6.95. The van der Waals surface area contributed by atoms with Gasteiger partial charge in [0.15, 0.2) is 11.9 Å². The van der Waals surface area contributed by atoms with Crippen molar-refractivity contribution in [2.24, 2.45) is 4.99 Å². The number of nitrogens with one attached hydrogen (secondary N) is 1. The zero-order chi connectivity index (χ0) is 21.2. The van der Waals surface area contributed by atoms with Gasteiger partial charge in [0.1, 0.15) is 5.82 Å². The Morgan fingerprint density at radius 3 is 2.55 bits per heavy atom. The number of fused-ring (bicyclic) bond motifs is 1. The maximum atomic E-state index is 13.2. The highest BCUT2D eigenvalue weighted by molar-refractivity contribution is 6.15. The Hall–Kier alpha value is -4.20. The number of aliphatic imine (C=N–C) groups is 1. The van der Waals surface area contributed by atoms with E-state index in [2.05, 4.69) is 20.5 Å². The first-order valence-electron chi connectivity index (χ1n) is 9.63. The fourth-order valence-corrected chi connectivity index (χ4v) is 3.37. The first-order valence-corrected chi connectivity index (χ1v) is 9.63. The van der Waals surface area contributed by atoms with Crippen molar-refractivity contribution in [3.8, 4) is 11.5 Å². The van der Waals surface area contributed by atoms with E-state index < -0.39 is 6.17 Å². The number of anilines is 1. The molecule has 4 aromatic rings. The third-order valence-corrected chi connectivity index (χ3v) is 4.87. The van der Waals surface area contributed by atoms with Crippen molar-refractivity contribution in [3.63, 3.8) is 0 Å². The molecule has 2 aromatic carbocycles. The molecule has 1 aliphatic heterocycles. The predicted octanol–water partition coefficient (Wildman–Crippen LogP) is 3.67. The number of pyridine rings is 1. The summed E-state index contributed by atoms with van der Waals surface area (Å²) in [5, 5.41) is 10.9. The van der Waals surface area contributed by atoms with Gasteiger partial charge in [0, 0.05) is 22.9 Å². The fourth-order valence-electron chi connectivity index (χ4n) is 3.37. The molecule has 3 heterocycles. The van der Waals surface area contributed by atoms with Crippen LogP contribution in [0, 0.1) is 5.82 Å². The number of carbonyl (C=O) groups excluding carboxylic acids is 1. The molecular formula is C23H16FN5O2. The molecule has 8 heteroatoms. The molecule has 0 saturated heterocycles. The molecule has 0 saturated carbocycles. The number of ketones is 1. The van der Waals surface area contributed by atoms with Crippen LogP contribution in [-0.4, -0.2) is 32.8 Å². The maximum Gasteiger partial charge on any atom is 0.317 e. The summed E-state index contributed by atoms with van der Waals surface area (Å²) < 4.78 is 18.8. The molecule has 1 aliphatic rings. The molecule has 5 rings (SSSR count). The average molecular weight is 413 g/mol. The number of hydrogen-bond donors (Lipinski definition) is 1. The Morgan fingerprint density at radius 1 is 0.935 bits per heavy atom. The lowest BCUT2D eigenvalue weighted by Gasteiger charge is -2.11. The highest BCUT2D eigenvalue weighted by Gasteiger charge is 2.28. The van der Waals surface area contributed by atoms with Crippen molar-refractivity contribution in [2.75, 3.05) is 5.32 Å². The van der Waals surface area contributed by atoms with E-state index in [-0.39, 0.29) is 29.9 Å². The van der Waals surface area contributed by atoms with Crippen molar-refractivity contribution in [1.82, 2.24) is 15.2 Å². The number of Topliss-reactive ketones (excluding diaryl/α,β-unsaturated/α-hetero) is 1. The van der Waals surface area contributed by atoms with E-state index in [1.165, 1.54) is 24.3 Å². The molecule has 1 atom stereocenters. The van der Waals surface area contributed by atoms with Gasteiger partial charge in [-0.3, -0.25) is 14.8 Å². The number of benzene rings is 2. The lowest BCUT2D eigenvalue weighted by Crippen LogP contribution is -2.29. The van der Waals surface area contributed by atoms with Crippen LogP contribution in [0.5, 0.6) is 0 Å². The van der Waals surface area contributed by atoms with Gasteiger partial charge in [0.2, 0.25) is 5.89 Å². The van der Waals surface area contributed by atoms with Gasteiger partial charge in [0.05, 0.1) is 17.8 Å². The van der Waals surface area contributed by atoms with E-state index in [9.17, 15) is 9.18 Å². The normalized spacial score (nSPS) is 15.7. The summed E-state index contributed by atoms with van der Waals surface area (Å²) in [7, 11) is 0. The van der Waals surface area contributed by atoms with Crippen LogP contribution >= 0.6 is 0 Å². The molecule has 7 nitrogen and oxygen atoms in total. The van der Waals surface area contributed by atoms with Crippen LogP contribution in [0.4, 0.5) is 10.4 Å². The molecule has 0 fully saturated rings. The molecule has 31 heavy (non-hydrogen) atoms. The van der Waals surface area contributed by atoms with Crippen LogP contribution in [0.3, 0.4) is 0 Å². The Kier molecular flexibility index (Phi) is 4.80. The van der Waals surface area contributed by atoms with E-state index in [1.54, 1.807) is 6.20 Å². The van der Waals surface area contributed by atoms with Crippen molar-refractivity contribution in [2.45, 2.75) is 12.6 Å². The molecule has 1 N–H and O–H groups in total. The molecule has 1 unspecified atom stereocenters. The van der Waals surface area contributed by atoms with Crippen molar-refractivity contribution < 1.29 is 13.6 Å². The number of nitrogens with zero attached hydrogens (tertiary/aromatic N) is 4. The largest absolute Gasteiger partial charge is 0.403 e. The van der Waals surface area contributed by atoms with E-state index in [0.29, 0.717) is 17.0 Å². The average Bonchev–Trinajstić information content (AvgIpc) is 3.21. The van der Waals surface area contributed by atoms with Gasteiger partial charge in [-0.1, -0.05) is 35.4 Å². The molecule has 152 valence electrons. The summed E-state index contributed by atoms with van der Waals surface area (Å²) in [4.78, 5) is 22.0. The number of halogens is 1. The van der Waals surface area contributed by atoms with Gasteiger partial charge < -0.3 is 9.73 Å². The Balaban J connectivity index is 1.49. The van der Waals surface area contributed by atoms with Gasteiger partial charge in [-0.05, 0) is 36.4 Å². The molecule has 0 bridgehead atoms. The number of rotatable bonds is 4. The van der Waals surface area contributed by atoms with Crippen molar-refractivity contribution >= 4 is 17.5 Å². The minimum absolute atomic E-state index is 0.0488.